The number of carbonyl (C=O) groups is 2. The first-order valence-electron chi connectivity index (χ1n) is 8.68. The van der Waals surface area contributed by atoms with Crippen molar-refractivity contribution in [3.05, 3.63) is 30.3 Å². The summed E-state index contributed by atoms with van der Waals surface area (Å²) in [5.41, 5.74) is 0.794. The summed E-state index contributed by atoms with van der Waals surface area (Å²) in [5, 5.41) is 0. The molecule has 2 rings (SSSR count). The summed E-state index contributed by atoms with van der Waals surface area (Å²) in [5.74, 6) is -1.17. The molecule has 1 saturated heterocycles. The molecule has 1 aliphatic rings. The first kappa shape index (κ1) is 19.4. The molecule has 1 heterocycles. The summed E-state index contributed by atoms with van der Waals surface area (Å²) >= 11 is 0. The molecule has 2 amide bonds. The van der Waals surface area contributed by atoms with Gasteiger partial charge < -0.3 is 9.80 Å². The van der Waals surface area contributed by atoms with Crippen molar-refractivity contribution in [1.29, 1.82) is 0 Å². The molecule has 0 radical (unpaired) electrons. The molecule has 6 nitrogen and oxygen atoms in total. The van der Waals surface area contributed by atoms with Gasteiger partial charge in [0.1, 0.15) is 11.8 Å². The maximum atomic E-state index is 12.6. The lowest BCUT2D eigenvalue weighted by atomic mass is 10.2. The van der Waals surface area contributed by atoms with Gasteiger partial charge in [0.15, 0.2) is 9.84 Å². The van der Waals surface area contributed by atoms with Crippen molar-refractivity contribution in [2.45, 2.75) is 38.6 Å². The van der Waals surface area contributed by atoms with Crippen molar-refractivity contribution < 1.29 is 18.0 Å². The first-order valence-corrected chi connectivity index (χ1v) is 10.5. The molecule has 0 aliphatic carbocycles. The number of sulfone groups is 1. The average molecular weight is 366 g/mol. The third-order valence-corrected chi connectivity index (χ3v) is 6.11. The van der Waals surface area contributed by atoms with Crippen molar-refractivity contribution in [2.24, 2.45) is 0 Å². The molecule has 138 valence electrons. The van der Waals surface area contributed by atoms with Gasteiger partial charge >= 0.3 is 0 Å². The van der Waals surface area contributed by atoms with Gasteiger partial charge in [-0.1, -0.05) is 38.0 Å². The molecule has 1 aromatic rings. The van der Waals surface area contributed by atoms with Gasteiger partial charge in [-0.25, -0.2) is 8.42 Å². The van der Waals surface area contributed by atoms with Crippen molar-refractivity contribution in [3.63, 3.8) is 0 Å². The monoisotopic (exact) mass is 366 g/mol. The number of anilines is 1. The zero-order valence-electron chi connectivity index (χ0n) is 14.8. The third kappa shape index (κ3) is 5.04. The standard InChI is InChI=1S/C18H26N2O4S/c1-3-4-8-13-25(23,24)14-17(21)19(2)16-11-12-20(18(16)22)15-9-6-5-7-10-15/h5-7,9-10,16H,3-4,8,11-14H2,1-2H3. The van der Waals surface area contributed by atoms with Crippen LogP contribution in [-0.2, 0) is 19.4 Å². The summed E-state index contributed by atoms with van der Waals surface area (Å²) in [7, 11) is -1.91. The van der Waals surface area contributed by atoms with Gasteiger partial charge in [0, 0.05) is 19.3 Å². The van der Waals surface area contributed by atoms with Crippen LogP contribution >= 0.6 is 0 Å². The predicted octanol–water partition coefficient (Wildman–Crippen LogP) is 1.86. The first-order chi connectivity index (χ1) is 11.9. The lowest BCUT2D eigenvalue weighted by Crippen LogP contribution is -2.45. The minimum absolute atomic E-state index is 0.0230. The van der Waals surface area contributed by atoms with E-state index in [0.717, 1.165) is 18.5 Å². The van der Waals surface area contributed by atoms with Crippen LogP contribution in [0.2, 0.25) is 0 Å². The van der Waals surface area contributed by atoms with E-state index in [9.17, 15) is 18.0 Å². The molecular formula is C18H26N2O4S. The maximum Gasteiger partial charge on any atom is 0.249 e. The van der Waals surface area contributed by atoms with E-state index in [4.69, 9.17) is 0 Å². The molecule has 0 N–H and O–H groups in total. The Bertz CT molecular complexity index is 703. The fraction of sp³-hybridized carbons (Fsp3) is 0.556. The molecule has 25 heavy (non-hydrogen) atoms. The van der Waals surface area contributed by atoms with Gasteiger partial charge in [-0.2, -0.15) is 0 Å². The molecule has 0 bridgehead atoms. The number of unbranched alkanes of at least 4 members (excludes halogenated alkanes) is 2. The molecule has 7 heteroatoms. The Labute approximate surface area is 149 Å². The largest absolute Gasteiger partial charge is 0.333 e. The fourth-order valence-corrected chi connectivity index (χ4v) is 4.36. The smallest absolute Gasteiger partial charge is 0.249 e. The second-order valence-corrected chi connectivity index (χ2v) is 8.62. The van der Waals surface area contributed by atoms with Crippen LogP contribution < -0.4 is 4.90 Å². The molecule has 0 saturated carbocycles. The lowest BCUT2D eigenvalue weighted by molar-refractivity contribution is -0.134. The van der Waals surface area contributed by atoms with E-state index in [-0.39, 0.29) is 11.7 Å². The van der Waals surface area contributed by atoms with Gasteiger partial charge in [-0.3, -0.25) is 9.59 Å². The number of para-hydroxylation sites is 1. The second-order valence-electron chi connectivity index (χ2n) is 6.43. The Morgan fingerprint density at radius 3 is 2.56 bits per heavy atom. The van der Waals surface area contributed by atoms with Gasteiger partial charge in [-0.15, -0.1) is 0 Å². The maximum absolute atomic E-state index is 12.6. The van der Waals surface area contributed by atoms with E-state index >= 15 is 0 Å². The number of nitrogens with zero attached hydrogens (tertiary/aromatic N) is 2. The Hall–Kier alpha value is -1.89. The predicted molar refractivity (Wildman–Crippen MR) is 98.1 cm³/mol. The Morgan fingerprint density at radius 1 is 1.24 bits per heavy atom. The van der Waals surface area contributed by atoms with E-state index in [1.807, 2.05) is 37.3 Å². The Morgan fingerprint density at radius 2 is 1.92 bits per heavy atom. The number of benzene rings is 1. The van der Waals surface area contributed by atoms with Gasteiger partial charge in [0.25, 0.3) is 0 Å². The summed E-state index contributed by atoms with van der Waals surface area (Å²) in [4.78, 5) is 27.9. The number of hydrogen-bond acceptors (Lipinski definition) is 4. The van der Waals surface area contributed by atoms with Crippen LogP contribution in [0.4, 0.5) is 5.69 Å². The summed E-state index contributed by atoms with van der Waals surface area (Å²) in [6.07, 6.45) is 2.83. The van der Waals surface area contributed by atoms with Crippen LogP contribution in [0.15, 0.2) is 30.3 Å². The molecule has 1 unspecified atom stereocenters. The number of carbonyl (C=O) groups excluding carboxylic acids is 2. The quantitative estimate of drug-likeness (QED) is 0.658. The van der Waals surface area contributed by atoms with Crippen molar-refractivity contribution in [1.82, 2.24) is 4.90 Å². The molecule has 1 atom stereocenters. The number of likely N-dealkylation sites (N-methyl/N-ethyl adjacent to an activating group) is 1. The Balaban J connectivity index is 1.97. The normalized spacial score (nSPS) is 17.8. The van der Waals surface area contributed by atoms with E-state index in [0.29, 0.717) is 19.4 Å². The summed E-state index contributed by atoms with van der Waals surface area (Å²) in [6.45, 7) is 2.52. The molecular weight excluding hydrogens is 340 g/mol. The van der Waals surface area contributed by atoms with Crippen LogP contribution in [0.25, 0.3) is 0 Å². The van der Waals surface area contributed by atoms with Crippen molar-refractivity contribution >= 4 is 27.3 Å². The van der Waals surface area contributed by atoms with E-state index in [1.54, 1.807) is 4.90 Å². The van der Waals surface area contributed by atoms with Crippen LogP contribution in [0.3, 0.4) is 0 Å². The minimum atomic E-state index is -3.43. The van der Waals surface area contributed by atoms with Crippen molar-refractivity contribution in [2.75, 3.05) is 30.0 Å². The summed E-state index contributed by atoms with van der Waals surface area (Å²) in [6, 6.07) is 8.68. The van der Waals surface area contributed by atoms with Crippen LogP contribution in [0.5, 0.6) is 0 Å². The second kappa shape index (κ2) is 8.47. The highest BCUT2D eigenvalue weighted by molar-refractivity contribution is 7.92. The number of rotatable bonds is 8. The van der Waals surface area contributed by atoms with Crippen LogP contribution in [0, 0.1) is 0 Å². The number of amides is 2. The zero-order valence-corrected chi connectivity index (χ0v) is 15.7. The lowest BCUT2D eigenvalue weighted by Gasteiger charge is -2.24. The van der Waals surface area contributed by atoms with E-state index < -0.39 is 27.5 Å². The molecule has 1 aliphatic heterocycles. The Kier molecular flexibility index (Phi) is 6.58. The fourth-order valence-electron chi connectivity index (χ4n) is 3.00. The van der Waals surface area contributed by atoms with E-state index in [2.05, 4.69) is 0 Å². The highest BCUT2D eigenvalue weighted by Gasteiger charge is 2.37. The van der Waals surface area contributed by atoms with Gasteiger partial charge in [0.05, 0.1) is 5.75 Å². The molecule has 1 aromatic carbocycles. The van der Waals surface area contributed by atoms with Crippen molar-refractivity contribution in [3.8, 4) is 0 Å². The van der Waals surface area contributed by atoms with Gasteiger partial charge in [-0.05, 0) is 25.0 Å². The highest BCUT2D eigenvalue weighted by Crippen LogP contribution is 2.23. The average Bonchev–Trinajstić information content (AvgIpc) is 2.96. The minimum Gasteiger partial charge on any atom is -0.333 e. The van der Waals surface area contributed by atoms with Crippen LogP contribution in [0.1, 0.15) is 32.6 Å². The molecule has 0 aromatic heterocycles. The SMILES string of the molecule is CCCCCS(=O)(=O)CC(=O)N(C)C1CCN(c2ccccc2)C1=O. The molecule has 1 fully saturated rings. The zero-order chi connectivity index (χ0) is 18.4. The summed E-state index contributed by atoms with van der Waals surface area (Å²) < 4.78 is 24.1. The molecule has 0 spiro atoms. The van der Waals surface area contributed by atoms with Crippen LogP contribution in [-0.4, -0.2) is 56.3 Å². The topological polar surface area (TPSA) is 74.8 Å². The van der Waals surface area contributed by atoms with Gasteiger partial charge in [0.2, 0.25) is 11.8 Å². The van der Waals surface area contributed by atoms with E-state index in [1.165, 1.54) is 11.9 Å². The number of hydrogen-bond donors (Lipinski definition) is 0. The third-order valence-electron chi connectivity index (χ3n) is 4.51. The highest BCUT2D eigenvalue weighted by atomic mass is 32.2.